The second kappa shape index (κ2) is 7.09. The number of hydrogen-bond donors (Lipinski definition) is 1. The summed E-state index contributed by atoms with van der Waals surface area (Å²) in [6, 6.07) is 5.41. The van der Waals surface area contributed by atoms with Crippen molar-refractivity contribution in [3.05, 3.63) is 34.1 Å². The standard InChI is InChI=1S/C13H20BrFN2/c1-10(4-5-17(2)3)16-9-11-6-12(14)8-13(15)7-11/h6-8,10,16H,4-5,9H2,1-3H3. The first-order valence-corrected chi connectivity index (χ1v) is 6.60. The molecule has 4 heteroatoms. The Bertz CT molecular complexity index is 335. The summed E-state index contributed by atoms with van der Waals surface area (Å²) < 4.78 is 13.9. The van der Waals surface area contributed by atoms with Gasteiger partial charge in [0.25, 0.3) is 0 Å². The van der Waals surface area contributed by atoms with Crippen molar-refractivity contribution in [2.24, 2.45) is 0 Å². The number of benzene rings is 1. The minimum atomic E-state index is -0.197. The largest absolute Gasteiger partial charge is 0.310 e. The van der Waals surface area contributed by atoms with Gasteiger partial charge in [0.05, 0.1) is 0 Å². The van der Waals surface area contributed by atoms with E-state index in [1.54, 1.807) is 6.07 Å². The summed E-state index contributed by atoms with van der Waals surface area (Å²) in [5.41, 5.74) is 0.966. The molecule has 0 saturated carbocycles. The monoisotopic (exact) mass is 302 g/mol. The topological polar surface area (TPSA) is 15.3 Å². The molecule has 0 aromatic heterocycles. The molecular weight excluding hydrogens is 283 g/mol. The summed E-state index contributed by atoms with van der Waals surface area (Å²) in [5, 5.41) is 3.39. The molecule has 1 aromatic rings. The van der Waals surface area contributed by atoms with Crippen LogP contribution in [0.1, 0.15) is 18.9 Å². The summed E-state index contributed by atoms with van der Waals surface area (Å²) in [4.78, 5) is 2.16. The Labute approximate surface area is 111 Å². The third kappa shape index (κ3) is 6.15. The summed E-state index contributed by atoms with van der Waals surface area (Å²) in [5.74, 6) is -0.197. The van der Waals surface area contributed by atoms with Gasteiger partial charge < -0.3 is 10.2 Å². The molecule has 2 nitrogen and oxygen atoms in total. The molecule has 0 saturated heterocycles. The van der Waals surface area contributed by atoms with E-state index in [1.165, 1.54) is 6.07 Å². The highest BCUT2D eigenvalue weighted by molar-refractivity contribution is 9.10. The van der Waals surface area contributed by atoms with Crippen LogP contribution in [0.2, 0.25) is 0 Å². The van der Waals surface area contributed by atoms with Crippen LogP contribution in [0.4, 0.5) is 4.39 Å². The van der Waals surface area contributed by atoms with Crippen LogP contribution in [-0.4, -0.2) is 31.6 Å². The van der Waals surface area contributed by atoms with Crippen molar-refractivity contribution in [1.29, 1.82) is 0 Å². The highest BCUT2D eigenvalue weighted by Crippen LogP contribution is 2.14. The van der Waals surface area contributed by atoms with Gasteiger partial charge >= 0.3 is 0 Å². The molecule has 0 fully saturated rings. The third-order valence-electron chi connectivity index (χ3n) is 2.59. The highest BCUT2D eigenvalue weighted by Gasteiger charge is 2.04. The SMILES string of the molecule is CC(CCN(C)C)NCc1cc(F)cc(Br)c1. The third-order valence-corrected chi connectivity index (χ3v) is 3.04. The van der Waals surface area contributed by atoms with Crippen molar-refractivity contribution in [2.75, 3.05) is 20.6 Å². The Kier molecular flexibility index (Phi) is 6.09. The molecule has 0 aliphatic rings. The molecule has 0 radical (unpaired) electrons. The molecule has 0 aliphatic carbocycles. The maximum Gasteiger partial charge on any atom is 0.124 e. The molecule has 0 aliphatic heterocycles. The van der Waals surface area contributed by atoms with Gasteiger partial charge in [-0.2, -0.15) is 0 Å². The maximum atomic E-state index is 13.1. The lowest BCUT2D eigenvalue weighted by molar-refractivity contribution is 0.365. The predicted molar refractivity (Wildman–Crippen MR) is 73.6 cm³/mol. The quantitative estimate of drug-likeness (QED) is 0.869. The first-order chi connectivity index (χ1) is 7.97. The smallest absolute Gasteiger partial charge is 0.124 e. The van der Waals surface area contributed by atoms with Gasteiger partial charge in [-0.1, -0.05) is 15.9 Å². The minimum absolute atomic E-state index is 0.197. The predicted octanol–water partition coefficient (Wildman–Crippen LogP) is 3.02. The van der Waals surface area contributed by atoms with Gasteiger partial charge in [0.1, 0.15) is 5.82 Å². The van der Waals surface area contributed by atoms with Crippen molar-refractivity contribution in [3.63, 3.8) is 0 Å². The number of nitrogens with one attached hydrogen (secondary N) is 1. The van der Waals surface area contributed by atoms with E-state index < -0.39 is 0 Å². The Balaban J connectivity index is 2.39. The zero-order valence-electron chi connectivity index (χ0n) is 10.6. The van der Waals surface area contributed by atoms with Crippen molar-refractivity contribution >= 4 is 15.9 Å². The van der Waals surface area contributed by atoms with Crippen molar-refractivity contribution in [1.82, 2.24) is 10.2 Å². The van der Waals surface area contributed by atoms with Crippen LogP contribution in [0.15, 0.2) is 22.7 Å². The molecule has 0 bridgehead atoms. The summed E-state index contributed by atoms with van der Waals surface area (Å²) >= 11 is 3.30. The van der Waals surface area contributed by atoms with Gasteiger partial charge in [-0.3, -0.25) is 0 Å². The average Bonchev–Trinajstić information content (AvgIpc) is 2.22. The lowest BCUT2D eigenvalue weighted by atomic mass is 10.2. The van der Waals surface area contributed by atoms with Gasteiger partial charge in [0, 0.05) is 17.1 Å². The van der Waals surface area contributed by atoms with E-state index in [0.717, 1.165) is 23.0 Å². The molecule has 96 valence electrons. The van der Waals surface area contributed by atoms with Crippen molar-refractivity contribution in [3.8, 4) is 0 Å². The van der Waals surface area contributed by atoms with Crippen LogP contribution in [0.25, 0.3) is 0 Å². The second-order valence-corrected chi connectivity index (χ2v) is 5.57. The average molecular weight is 303 g/mol. The van der Waals surface area contributed by atoms with Gasteiger partial charge in [-0.05, 0) is 57.7 Å². The van der Waals surface area contributed by atoms with Crippen molar-refractivity contribution in [2.45, 2.75) is 25.9 Å². The van der Waals surface area contributed by atoms with E-state index in [0.29, 0.717) is 12.6 Å². The number of nitrogens with zero attached hydrogens (tertiary/aromatic N) is 1. The molecule has 0 amide bonds. The lowest BCUT2D eigenvalue weighted by Crippen LogP contribution is -2.29. The Morgan fingerprint density at radius 2 is 2.06 bits per heavy atom. The zero-order valence-corrected chi connectivity index (χ0v) is 12.2. The molecule has 0 spiro atoms. The Morgan fingerprint density at radius 1 is 1.35 bits per heavy atom. The molecule has 1 unspecified atom stereocenters. The Hall–Kier alpha value is -0.450. The molecule has 0 heterocycles. The molecule has 1 rings (SSSR count). The maximum absolute atomic E-state index is 13.1. The van der Waals surface area contributed by atoms with Gasteiger partial charge in [-0.15, -0.1) is 0 Å². The number of halogens is 2. The van der Waals surface area contributed by atoms with E-state index in [1.807, 2.05) is 6.07 Å². The number of rotatable bonds is 6. The van der Waals surface area contributed by atoms with Crippen LogP contribution in [-0.2, 0) is 6.54 Å². The minimum Gasteiger partial charge on any atom is -0.310 e. The van der Waals surface area contributed by atoms with E-state index in [9.17, 15) is 4.39 Å². The van der Waals surface area contributed by atoms with E-state index in [-0.39, 0.29) is 5.82 Å². The van der Waals surface area contributed by atoms with Crippen LogP contribution in [0.5, 0.6) is 0 Å². The van der Waals surface area contributed by atoms with Gasteiger partial charge in [0.2, 0.25) is 0 Å². The molecular formula is C13H20BrFN2. The van der Waals surface area contributed by atoms with Crippen molar-refractivity contribution < 1.29 is 4.39 Å². The van der Waals surface area contributed by atoms with E-state index >= 15 is 0 Å². The summed E-state index contributed by atoms with van der Waals surface area (Å²) in [6.07, 6.45) is 1.09. The fourth-order valence-electron chi connectivity index (χ4n) is 1.56. The molecule has 17 heavy (non-hydrogen) atoms. The first kappa shape index (κ1) is 14.6. The fourth-order valence-corrected chi connectivity index (χ4v) is 2.07. The summed E-state index contributed by atoms with van der Waals surface area (Å²) in [6.45, 7) is 3.91. The molecule has 1 aromatic carbocycles. The first-order valence-electron chi connectivity index (χ1n) is 5.80. The van der Waals surface area contributed by atoms with Crippen LogP contribution >= 0.6 is 15.9 Å². The number of hydrogen-bond acceptors (Lipinski definition) is 2. The molecule has 1 N–H and O–H groups in total. The lowest BCUT2D eigenvalue weighted by Gasteiger charge is -2.16. The molecule has 1 atom stereocenters. The van der Waals surface area contributed by atoms with Gasteiger partial charge in [-0.25, -0.2) is 4.39 Å². The normalized spacial score (nSPS) is 13.1. The van der Waals surface area contributed by atoms with E-state index in [4.69, 9.17) is 0 Å². The van der Waals surface area contributed by atoms with E-state index in [2.05, 4.69) is 47.2 Å². The van der Waals surface area contributed by atoms with Crippen LogP contribution in [0, 0.1) is 5.82 Å². The highest BCUT2D eigenvalue weighted by atomic mass is 79.9. The zero-order chi connectivity index (χ0) is 12.8. The second-order valence-electron chi connectivity index (χ2n) is 4.65. The summed E-state index contributed by atoms with van der Waals surface area (Å²) in [7, 11) is 4.13. The van der Waals surface area contributed by atoms with Crippen LogP contribution in [0.3, 0.4) is 0 Å². The fraction of sp³-hybridized carbons (Fsp3) is 0.538. The van der Waals surface area contributed by atoms with Crippen LogP contribution < -0.4 is 5.32 Å². The Morgan fingerprint density at radius 3 is 2.65 bits per heavy atom. The van der Waals surface area contributed by atoms with Gasteiger partial charge in [0.15, 0.2) is 0 Å².